The predicted molar refractivity (Wildman–Crippen MR) is 77.5 cm³/mol. The van der Waals surface area contributed by atoms with Gasteiger partial charge in [-0.15, -0.1) is 0 Å². The molecule has 1 heteroatoms. The number of alkyl halides is 1. The lowest BCUT2D eigenvalue weighted by atomic mass is 9.36. The molecule has 98 valence electrons. The fourth-order valence-corrected chi connectivity index (χ4v) is 8.24. The van der Waals surface area contributed by atoms with Crippen molar-refractivity contribution in [2.24, 2.45) is 21.7 Å². The summed E-state index contributed by atoms with van der Waals surface area (Å²) in [5.41, 5.74) is 2.23. The molecular formula is C16H27Br. The molecule has 4 saturated carbocycles. The summed E-state index contributed by atoms with van der Waals surface area (Å²) >= 11 is 4.16. The molecule has 0 saturated heterocycles. The molecule has 0 aromatic rings. The van der Waals surface area contributed by atoms with Crippen molar-refractivity contribution >= 4 is 15.9 Å². The van der Waals surface area contributed by atoms with Crippen LogP contribution in [0, 0.1) is 21.7 Å². The van der Waals surface area contributed by atoms with E-state index in [9.17, 15) is 0 Å². The molecule has 2 unspecified atom stereocenters. The zero-order valence-corrected chi connectivity index (χ0v) is 13.7. The molecule has 4 bridgehead atoms. The summed E-state index contributed by atoms with van der Waals surface area (Å²) in [6.45, 7) is 12.5. The van der Waals surface area contributed by atoms with Crippen LogP contribution in [0.3, 0.4) is 0 Å². The van der Waals surface area contributed by atoms with Crippen LogP contribution >= 0.6 is 15.9 Å². The van der Waals surface area contributed by atoms with Gasteiger partial charge in [0.25, 0.3) is 0 Å². The van der Waals surface area contributed by atoms with Crippen LogP contribution in [0.4, 0.5) is 0 Å². The maximum atomic E-state index is 4.16. The van der Waals surface area contributed by atoms with Crippen LogP contribution in [0.2, 0.25) is 0 Å². The topological polar surface area (TPSA) is 0 Å². The monoisotopic (exact) mass is 298 g/mol. The van der Waals surface area contributed by atoms with Crippen LogP contribution in [-0.4, -0.2) is 4.32 Å². The van der Waals surface area contributed by atoms with E-state index in [1.165, 1.54) is 38.5 Å². The second-order valence-corrected chi connectivity index (χ2v) is 11.0. The van der Waals surface area contributed by atoms with Gasteiger partial charge in [0.15, 0.2) is 0 Å². The van der Waals surface area contributed by atoms with Crippen molar-refractivity contribution in [3.8, 4) is 0 Å². The van der Waals surface area contributed by atoms with Crippen molar-refractivity contribution in [3.63, 3.8) is 0 Å². The molecule has 0 radical (unpaired) electrons. The Morgan fingerprint density at radius 2 is 1.24 bits per heavy atom. The molecule has 0 nitrogen and oxygen atoms in total. The van der Waals surface area contributed by atoms with Gasteiger partial charge >= 0.3 is 0 Å². The molecule has 0 aromatic heterocycles. The van der Waals surface area contributed by atoms with Gasteiger partial charge in [0.05, 0.1) is 0 Å². The van der Waals surface area contributed by atoms with E-state index in [2.05, 4.69) is 50.5 Å². The molecule has 4 aliphatic rings. The first-order valence-electron chi connectivity index (χ1n) is 7.18. The maximum absolute atomic E-state index is 4.16. The van der Waals surface area contributed by atoms with E-state index in [-0.39, 0.29) is 0 Å². The van der Waals surface area contributed by atoms with Crippen molar-refractivity contribution in [1.29, 1.82) is 0 Å². The number of hydrogen-bond acceptors (Lipinski definition) is 0. The van der Waals surface area contributed by atoms with E-state index in [1.807, 2.05) is 0 Å². The summed E-state index contributed by atoms with van der Waals surface area (Å²) in [5.74, 6) is 0. The third-order valence-corrected chi connectivity index (χ3v) is 6.96. The highest BCUT2D eigenvalue weighted by atomic mass is 79.9. The summed E-state index contributed by atoms with van der Waals surface area (Å²) in [6.07, 6.45) is 8.62. The maximum Gasteiger partial charge on any atom is 0.0273 e. The van der Waals surface area contributed by atoms with Crippen molar-refractivity contribution in [3.05, 3.63) is 0 Å². The molecule has 0 aliphatic heterocycles. The van der Waals surface area contributed by atoms with Crippen molar-refractivity contribution in [2.75, 3.05) is 0 Å². The van der Waals surface area contributed by atoms with Gasteiger partial charge in [-0.1, -0.05) is 50.5 Å². The highest BCUT2D eigenvalue weighted by molar-refractivity contribution is 9.10. The Labute approximate surface area is 115 Å². The molecule has 4 fully saturated rings. The Kier molecular flexibility index (Phi) is 2.18. The molecule has 17 heavy (non-hydrogen) atoms. The first-order chi connectivity index (χ1) is 7.49. The lowest BCUT2D eigenvalue weighted by Gasteiger charge is -2.71. The normalized spacial score (nSPS) is 57.5. The molecule has 0 heterocycles. The van der Waals surface area contributed by atoms with Crippen molar-refractivity contribution in [1.82, 2.24) is 0 Å². The molecule has 0 amide bonds. The summed E-state index contributed by atoms with van der Waals surface area (Å²) in [5, 5.41) is 0. The lowest BCUT2D eigenvalue weighted by molar-refractivity contribution is -0.172. The summed E-state index contributed by atoms with van der Waals surface area (Å²) in [4.78, 5) is 0. The largest absolute Gasteiger partial charge is 0.0853 e. The Bertz CT molecular complexity index is 309. The van der Waals surface area contributed by atoms with E-state index in [1.54, 1.807) is 0 Å². The summed E-state index contributed by atoms with van der Waals surface area (Å²) < 4.78 is 0.457. The molecule has 4 aliphatic carbocycles. The molecule has 0 spiro atoms. The van der Waals surface area contributed by atoms with E-state index in [0.717, 1.165) is 0 Å². The minimum atomic E-state index is 0.454. The van der Waals surface area contributed by atoms with Crippen LogP contribution in [0.5, 0.6) is 0 Å². The van der Waals surface area contributed by atoms with Crippen LogP contribution in [-0.2, 0) is 0 Å². The van der Waals surface area contributed by atoms with Gasteiger partial charge in [0.1, 0.15) is 0 Å². The van der Waals surface area contributed by atoms with E-state index < -0.39 is 0 Å². The Hall–Kier alpha value is 0.480. The van der Waals surface area contributed by atoms with Gasteiger partial charge < -0.3 is 0 Å². The van der Waals surface area contributed by atoms with Crippen LogP contribution in [0.15, 0.2) is 0 Å². The second-order valence-electron chi connectivity index (χ2n) is 9.36. The molecule has 0 N–H and O–H groups in total. The zero-order valence-electron chi connectivity index (χ0n) is 12.1. The Morgan fingerprint density at radius 1 is 0.765 bits per heavy atom. The SMILES string of the molecule is CC12CC3(C)CC(Br)(C1)CC(C(C)(C)C)(C2)C3. The van der Waals surface area contributed by atoms with Crippen molar-refractivity contribution in [2.45, 2.75) is 77.5 Å². The quantitative estimate of drug-likeness (QED) is 0.515. The fraction of sp³-hybridized carbons (Fsp3) is 1.00. The molecule has 4 rings (SSSR count). The summed E-state index contributed by atoms with van der Waals surface area (Å²) in [6, 6.07) is 0. The zero-order chi connectivity index (χ0) is 12.7. The third-order valence-electron chi connectivity index (χ3n) is 6.12. The standard InChI is InChI=1S/C16H27Br/c1-12(2,3)15-7-13(4)6-14(5,8-15)10-16(17,9-13)11-15/h6-11H2,1-5H3. The number of halogens is 1. The van der Waals surface area contributed by atoms with Gasteiger partial charge in [0, 0.05) is 4.32 Å². The Morgan fingerprint density at radius 3 is 1.59 bits per heavy atom. The predicted octanol–water partition coefficient (Wildman–Crippen LogP) is 5.55. The Balaban J connectivity index is 2.10. The average Bonchev–Trinajstić information content (AvgIpc) is 1.89. The fourth-order valence-electron chi connectivity index (χ4n) is 6.35. The average molecular weight is 299 g/mol. The summed E-state index contributed by atoms with van der Waals surface area (Å²) in [7, 11) is 0. The number of hydrogen-bond donors (Lipinski definition) is 0. The van der Waals surface area contributed by atoms with Crippen LogP contribution in [0.1, 0.15) is 73.1 Å². The first-order valence-corrected chi connectivity index (χ1v) is 7.97. The van der Waals surface area contributed by atoms with Gasteiger partial charge in [-0.25, -0.2) is 0 Å². The molecular weight excluding hydrogens is 272 g/mol. The highest BCUT2D eigenvalue weighted by Crippen LogP contribution is 2.76. The smallest absolute Gasteiger partial charge is 0.0273 e. The minimum Gasteiger partial charge on any atom is -0.0853 e. The van der Waals surface area contributed by atoms with Gasteiger partial charge in [-0.2, -0.15) is 0 Å². The minimum absolute atomic E-state index is 0.454. The van der Waals surface area contributed by atoms with Gasteiger partial charge in [-0.05, 0) is 60.2 Å². The number of rotatable bonds is 0. The second kappa shape index (κ2) is 2.97. The van der Waals surface area contributed by atoms with Gasteiger partial charge in [-0.3, -0.25) is 0 Å². The molecule has 0 aromatic carbocycles. The van der Waals surface area contributed by atoms with Crippen LogP contribution in [0.25, 0.3) is 0 Å². The first kappa shape index (κ1) is 12.5. The third kappa shape index (κ3) is 1.67. The van der Waals surface area contributed by atoms with Crippen molar-refractivity contribution < 1.29 is 0 Å². The van der Waals surface area contributed by atoms with Crippen LogP contribution < -0.4 is 0 Å². The van der Waals surface area contributed by atoms with Gasteiger partial charge in [0.2, 0.25) is 0 Å². The molecule has 2 atom stereocenters. The van der Waals surface area contributed by atoms with E-state index in [4.69, 9.17) is 0 Å². The highest BCUT2D eigenvalue weighted by Gasteiger charge is 2.67. The van der Waals surface area contributed by atoms with E-state index >= 15 is 0 Å². The van der Waals surface area contributed by atoms with E-state index in [0.29, 0.717) is 26.0 Å². The lowest BCUT2D eigenvalue weighted by Crippen LogP contribution is -2.63.